The summed E-state index contributed by atoms with van der Waals surface area (Å²) in [5.41, 5.74) is 1.98. The Bertz CT molecular complexity index is 496. The highest BCUT2D eigenvalue weighted by atomic mass is 16.5. The van der Waals surface area contributed by atoms with Gasteiger partial charge in [0.25, 0.3) is 0 Å². The van der Waals surface area contributed by atoms with Crippen LogP contribution in [0, 0.1) is 0 Å². The van der Waals surface area contributed by atoms with Crippen LogP contribution < -0.4 is 14.2 Å². The van der Waals surface area contributed by atoms with Crippen LogP contribution in [0.3, 0.4) is 0 Å². The molecule has 0 atom stereocenters. The summed E-state index contributed by atoms with van der Waals surface area (Å²) in [5, 5.41) is 0. The van der Waals surface area contributed by atoms with Crippen molar-refractivity contribution in [1.29, 1.82) is 0 Å². The van der Waals surface area contributed by atoms with Crippen LogP contribution in [0.15, 0.2) is 42.5 Å². The van der Waals surface area contributed by atoms with E-state index in [1.54, 1.807) is 21.3 Å². The largest absolute Gasteiger partial charge is 0.496 e. The summed E-state index contributed by atoms with van der Waals surface area (Å²) >= 11 is 0. The molecule has 2 aromatic rings. The average Bonchev–Trinajstić information content (AvgIpc) is 2.56. The lowest BCUT2D eigenvalue weighted by atomic mass is 10.0. The molecular weight excluding hydrogens is 252 g/mol. The molecule has 2 rings (SSSR count). The van der Waals surface area contributed by atoms with Crippen molar-refractivity contribution in [3.8, 4) is 28.4 Å². The first kappa shape index (κ1) is 15.9. The zero-order valence-corrected chi connectivity index (χ0v) is 12.8. The second-order valence-electron chi connectivity index (χ2n) is 3.77. The van der Waals surface area contributed by atoms with Crippen molar-refractivity contribution in [3.05, 3.63) is 42.5 Å². The quantitative estimate of drug-likeness (QED) is 0.826. The summed E-state index contributed by atoms with van der Waals surface area (Å²) in [6, 6.07) is 13.7. The van der Waals surface area contributed by atoms with E-state index >= 15 is 0 Å². The van der Waals surface area contributed by atoms with Gasteiger partial charge in [-0.3, -0.25) is 0 Å². The zero-order valence-electron chi connectivity index (χ0n) is 12.8. The lowest BCUT2D eigenvalue weighted by Crippen LogP contribution is -1.95. The van der Waals surface area contributed by atoms with Crippen LogP contribution in [0.25, 0.3) is 11.1 Å². The van der Waals surface area contributed by atoms with Gasteiger partial charge >= 0.3 is 0 Å². The number of benzene rings is 2. The standard InChI is InChI=1S/C15H16O3.C2H6/c1-16-12-9-13(17-2)15(14(10-12)18-3)11-7-5-4-6-8-11;1-2/h4-10H,1-3H3;1-2H3. The predicted octanol–water partition coefficient (Wildman–Crippen LogP) is 4.41. The third kappa shape index (κ3) is 3.44. The van der Waals surface area contributed by atoms with Gasteiger partial charge in [0.15, 0.2) is 0 Å². The summed E-state index contributed by atoms with van der Waals surface area (Å²) in [5.74, 6) is 2.18. The van der Waals surface area contributed by atoms with Crippen LogP contribution in [0.4, 0.5) is 0 Å². The van der Waals surface area contributed by atoms with Crippen LogP contribution >= 0.6 is 0 Å². The van der Waals surface area contributed by atoms with Crippen molar-refractivity contribution in [2.75, 3.05) is 21.3 Å². The molecule has 0 saturated heterocycles. The molecule has 108 valence electrons. The maximum Gasteiger partial charge on any atom is 0.134 e. The van der Waals surface area contributed by atoms with Crippen LogP contribution in [0.2, 0.25) is 0 Å². The Morgan fingerprint density at radius 2 is 1.20 bits per heavy atom. The van der Waals surface area contributed by atoms with Crippen LogP contribution in [-0.2, 0) is 0 Å². The minimum absolute atomic E-state index is 0.711. The van der Waals surface area contributed by atoms with Crippen molar-refractivity contribution >= 4 is 0 Å². The molecule has 0 aliphatic heterocycles. The summed E-state index contributed by atoms with van der Waals surface area (Å²) in [7, 11) is 4.90. The highest BCUT2D eigenvalue weighted by Crippen LogP contribution is 2.41. The summed E-state index contributed by atoms with van der Waals surface area (Å²) in [6.45, 7) is 4.00. The molecule has 0 aliphatic carbocycles. The molecule has 0 radical (unpaired) electrons. The highest BCUT2D eigenvalue weighted by molar-refractivity contribution is 5.78. The topological polar surface area (TPSA) is 27.7 Å². The second kappa shape index (κ2) is 8.10. The molecule has 0 bridgehead atoms. The summed E-state index contributed by atoms with van der Waals surface area (Å²) < 4.78 is 16.1. The van der Waals surface area contributed by atoms with Gasteiger partial charge in [0.1, 0.15) is 17.2 Å². The number of methoxy groups -OCH3 is 3. The van der Waals surface area contributed by atoms with E-state index in [0.717, 1.165) is 22.6 Å². The van der Waals surface area contributed by atoms with E-state index < -0.39 is 0 Å². The summed E-state index contributed by atoms with van der Waals surface area (Å²) in [6.07, 6.45) is 0. The minimum Gasteiger partial charge on any atom is -0.496 e. The Balaban J connectivity index is 0.000000956. The SMILES string of the molecule is CC.COc1cc(OC)c(-c2ccccc2)c(OC)c1. The lowest BCUT2D eigenvalue weighted by Gasteiger charge is -2.15. The Morgan fingerprint density at radius 3 is 1.60 bits per heavy atom. The van der Waals surface area contributed by atoms with Gasteiger partial charge < -0.3 is 14.2 Å². The first-order chi connectivity index (χ1) is 9.80. The Hall–Kier alpha value is -2.16. The Kier molecular flexibility index (Phi) is 6.44. The van der Waals surface area contributed by atoms with Gasteiger partial charge in [0, 0.05) is 12.1 Å². The van der Waals surface area contributed by atoms with E-state index in [9.17, 15) is 0 Å². The fraction of sp³-hybridized carbons (Fsp3) is 0.294. The number of hydrogen-bond acceptors (Lipinski definition) is 3. The molecule has 0 N–H and O–H groups in total. The van der Waals surface area contributed by atoms with Gasteiger partial charge in [-0.25, -0.2) is 0 Å². The third-order valence-corrected chi connectivity index (χ3v) is 2.78. The number of rotatable bonds is 4. The predicted molar refractivity (Wildman–Crippen MR) is 82.9 cm³/mol. The van der Waals surface area contributed by atoms with E-state index in [4.69, 9.17) is 14.2 Å². The second-order valence-corrected chi connectivity index (χ2v) is 3.77. The van der Waals surface area contributed by atoms with Gasteiger partial charge in [-0.05, 0) is 5.56 Å². The highest BCUT2D eigenvalue weighted by Gasteiger charge is 2.14. The van der Waals surface area contributed by atoms with Crippen molar-refractivity contribution in [2.24, 2.45) is 0 Å². The molecule has 3 heteroatoms. The molecule has 0 spiro atoms. The van der Waals surface area contributed by atoms with E-state index in [1.165, 1.54) is 0 Å². The van der Waals surface area contributed by atoms with E-state index in [1.807, 2.05) is 56.3 Å². The normalized spacial score (nSPS) is 9.25. The molecule has 0 amide bonds. The molecule has 0 saturated carbocycles. The molecular formula is C17H22O3. The first-order valence-corrected chi connectivity index (χ1v) is 6.65. The fourth-order valence-corrected chi connectivity index (χ4v) is 1.90. The monoisotopic (exact) mass is 274 g/mol. The van der Waals surface area contributed by atoms with Crippen LogP contribution in [0.1, 0.15) is 13.8 Å². The van der Waals surface area contributed by atoms with Crippen molar-refractivity contribution in [2.45, 2.75) is 13.8 Å². The molecule has 2 aromatic carbocycles. The number of ether oxygens (including phenoxy) is 3. The van der Waals surface area contributed by atoms with Gasteiger partial charge in [-0.1, -0.05) is 44.2 Å². The van der Waals surface area contributed by atoms with Gasteiger partial charge in [0.05, 0.1) is 26.9 Å². The maximum absolute atomic E-state index is 5.42. The smallest absolute Gasteiger partial charge is 0.134 e. The molecule has 20 heavy (non-hydrogen) atoms. The number of hydrogen-bond donors (Lipinski definition) is 0. The van der Waals surface area contributed by atoms with Crippen molar-refractivity contribution in [3.63, 3.8) is 0 Å². The van der Waals surface area contributed by atoms with E-state index in [0.29, 0.717) is 5.75 Å². The molecule has 0 fully saturated rings. The average molecular weight is 274 g/mol. The van der Waals surface area contributed by atoms with E-state index in [-0.39, 0.29) is 0 Å². The summed E-state index contributed by atoms with van der Waals surface area (Å²) in [4.78, 5) is 0. The molecule has 0 aliphatic rings. The molecule has 0 aromatic heterocycles. The van der Waals surface area contributed by atoms with Crippen molar-refractivity contribution < 1.29 is 14.2 Å². The van der Waals surface area contributed by atoms with Crippen molar-refractivity contribution in [1.82, 2.24) is 0 Å². The third-order valence-electron chi connectivity index (χ3n) is 2.78. The molecule has 3 nitrogen and oxygen atoms in total. The minimum atomic E-state index is 0.711. The molecule has 0 unspecified atom stereocenters. The zero-order chi connectivity index (χ0) is 15.0. The van der Waals surface area contributed by atoms with Gasteiger partial charge in [0.2, 0.25) is 0 Å². The fourth-order valence-electron chi connectivity index (χ4n) is 1.90. The van der Waals surface area contributed by atoms with Gasteiger partial charge in [-0.15, -0.1) is 0 Å². The van der Waals surface area contributed by atoms with E-state index in [2.05, 4.69) is 0 Å². The van der Waals surface area contributed by atoms with Crippen LogP contribution in [-0.4, -0.2) is 21.3 Å². The van der Waals surface area contributed by atoms with Gasteiger partial charge in [-0.2, -0.15) is 0 Å². The first-order valence-electron chi connectivity index (χ1n) is 6.65. The van der Waals surface area contributed by atoms with Crippen LogP contribution in [0.5, 0.6) is 17.2 Å². The Morgan fingerprint density at radius 1 is 0.700 bits per heavy atom. The maximum atomic E-state index is 5.42. The Labute approximate surface area is 121 Å². The molecule has 0 heterocycles. The lowest BCUT2D eigenvalue weighted by molar-refractivity contribution is 0.377.